The predicted octanol–water partition coefficient (Wildman–Crippen LogP) is 1.71. The molecule has 1 heterocycles. The summed E-state index contributed by atoms with van der Waals surface area (Å²) in [5, 5.41) is 8.96. The van der Waals surface area contributed by atoms with E-state index in [1.807, 2.05) is 6.07 Å². The van der Waals surface area contributed by atoms with E-state index in [1.54, 1.807) is 48.4 Å². The van der Waals surface area contributed by atoms with Gasteiger partial charge >= 0.3 is 0 Å². The van der Waals surface area contributed by atoms with Crippen LogP contribution in [0, 0.1) is 11.3 Å². The average Bonchev–Trinajstić information content (AvgIpc) is 2.73. The maximum atomic E-state index is 12.8. The minimum Gasteiger partial charge on any atom is -0.497 e. The number of nitriles is 1. The third-order valence-corrected chi connectivity index (χ3v) is 6.36. The van der Waals surface area contributed by atoms with Crippen LogP contribution in [0.4, 0.5) is 0 Å². The Labute approximate surface area is 158 Å². The predicted molar refractivity (Wildman–Crippen MR) is 98.8 cm³/mol. The Morgan fingerprint density at radius 1 is 1.07 bits per heavy atom. The first-order valence-electron chi connectivity index (χ1n) is 8.39. The molecule has 1 amide bonds. The minimum atomic E-state index is -3.69. The Hall–Kier alpha value is -2.89. The van der Waals surface area contributed by atoms with Crippen LogP contribution in [0.25, 0.3) is 0 Å². The first-order chi connectivity index (χ1) is 13.0. The van der Waals surface area contributed by atoms with Crippen molar-refractivity contribution in [1.82, 2.24) is 9.21 Å². The second-order valence-corrected chi connectivity index (χ2v) is 8.00. The summed E-state index contributed by atoms with van der Waals surface area (Å²) in [6, 6.07) is 14.7. The molecular formula is C19H19N3O4S. The fourth-order valence-corrected chi connectivity index (χ4v) is 4.39. The molecule has 2 aromatic rings. The molecule has 2 aromatic carbocycles. The van der Waals surface area contributed by atoms with Gasteiger partial charge in [0.2, 0.25) is 10.0 Å². The van der Waals surface area contributed by atoms with E-state index < -0.39 is 10.0 Å². The molecule has 0 atom stereocenters. The molecule has 0 aliphatic carbocycles. The van der Waals surface area contributed by atoms with Crippen molar-refractivity contribution in [3.63, 3.8) is 0 Å². The molecule has 7 nitrogen and oxygen atoms in total. The lowest BCUT2D eigenvalue weighted by atomic mass is 10.2. The van der Waals surface area contributed by atoms with Crippen molar-refractivity contribution in [2.24, 2.45) is 0 Å². The summed E-state index contributed by atoms with van der Waals surface area (Å²) < 4.78 is 32.0. The zero-order valence-electron chi connectivity index (χ0n) is 14.8. The molecule has 1 aliphatic heterocycles. The minimum absolute atomic E-state index is 0.0940. The summed E-state index contributed by atoms with van der Waals surface area (Å²) in [5.74, 6) is 0.531. The molecule has 0 spiro atoms. The highest BCUT2D eigenvalue weighted by atomic mass is 32.2. The van der Waals surface area contributed by atoms with Crippen LogP contribution >= 0.6 is 0 Å². The van der Waals surface area contributed by atoms with Gasteiger partial charge in [0.25, 0.3) is 5.91 Å². The van der Waals surface area contributed by atoms with Crippen molar-refractivity contribution in [2.45, 2.75) is 4.90 Å². The van der Waals surface area contributed by atoms with Crippen molar-refractivity contribution in [3.8, 4) is 11.8 Å². The summed E-state index contributed by atoms with van der Waals surface area (Å²) in [6.07, 6.45) is 0. The highest BCUT2D eigenvalue weighted by molar-refractivity contribution is 7.89. The number of amides is 1. The number of hydrogen-bond donors (Lipinski definition) is 0. The third kappa shape index (κ3) is 3.94. The van der Waals surface area contributed by atoms with E-state index in [2.05, 4.69) is 0 Å². The Kier molecular flexibility index (Phi) is 5.44. The van der Waals surface area contributed by atoms with E-state index in [-0.39, 0.29) is 23.9 Å². The number of carbonyl (C=O) groups is 1. The standard InChI is InChI=1S/C19H19N3O4S/c1-26-17-7-5-16(6-8-17)19(23)21-9-11-22(12-10-21)27(24,25)18-4-2-3-15(13-18)14-20/h2-8,13H,9-12H2,1H3. The summed E-state index contributed by atoms with van der Waals surface area (Å²) in [4.78, 5) is 14.3. The molecular weight excluding hydrogens is 366 g/mol. The van der Waals surface area contributed by atoms with Crippen LogP contribution in [0.3, 0.4) is 0 Å². The van der Waals surface area contributed by atoms with E-state index >= 15 is 0 Å². The molecule has 0 N–H and O–H groups in total. The quantitative estimate of drug-likeness (QED) is 0.799. The molecule has 0 unspecified atom stereocenters. The van der Waals surface area contributed by atoms with Crippen LogP contribution in [0.5, 0.6) is 5.75 Å². The second-order valence-electron chi connectivity index (χ2n) is 6.06. The number of sulfonamides is 1. The Bertz CT molecular complexity index is 973. The highest BCUT2D eigenvalue weighted by Gasteiger charge is 2.30. The normalized spacial score (nSPS) is 15.2. The van der Waals surface area contributed by atoms with Crippen LogP contribution in [0.15, 0.2) is 53.4 Å². The zero-order chi connectivity index (χ0) is 19.4. The van der Waals surface area contributed by atoms with Crippen LogP contribution in [0.2, 0.25) is 0 Å². The van der Waals surface area contributed by atoms with Gasteiger partial charge in [0, 0.05) is 31.7 Å². The number of piperazine rings is 1. The van der Waals surface area contributed by atoms with Gasteiger partial charge in [-0.2, -0.15) is 9.57 Å². The number of hydrogen-bond acceptors (Lipinski definition) is 5. The number of ether oxygens (including phenoxy) is 1. The van der Waals surface area contributed by atoms with Crippen molar-refractivity contribution in [3.05, 3.63) is 59.7 Å². The van der Waals surface area contributed by atoms with Gasteiger partial charge in [-0.25, -0.2) is 8.42 Å². The van der Waals surface area contributed by atoms with Gasteiger partial charge in [0.1, 0.15) is 5.75 Å². The Morgan fingerprint density at radius 3 is 2.33 bits per heavy atom. The lowest BCUT2D eigenvalue weighted by Crippen LogP contribution is -2.50. The fourth-order valence-electron chi connectivity index (χ4n) is 2.92. The van der Waals surface area contributed by atoms with Crippen molar-refractivity contribution in [2.75, 3.05) is 33.3 Å². The maximum absolute atomic E-state index is 12.8. The van der Waals surface area contributed by atoms with Crippen molar-refractivity contribution >= 4 is 15.9 Å². The topological polar surface area (TPSA) is 90.7 Å². The Morgan fingerprint density at radius 2 is 1.74 bits per heavy atom. The van der Waals surface area contributed by atoms with Gasteiger partial charge in [0.15, 0.2) is 0 Å². The van der Waals surface area contributed by atoms with E-state index in [4.69, 9.17) is 10.00 Å². The SMILES string of the molecule is COc1ccc(C(=O)N2CCN(S(=O)(=O)c3cccc(C#N)c3)CC2)cc1. The second kappa shape index (κ2) is 7.78. The van der Waals surface area contributed by atoms with Gasteiger partial charge in [-0.1, -0.05) is 6.07 Å². The average molecular weight is 385 g/mol. The summed E-state index contributed by atoms with van der Waals surface area (Å²) in [5.41, 5.74) is 0.832. The van der Waals surface area contributed by atoms with Crippen LogP contribution in [0.1, 0.15) is 15.9 Å². The fraction of sp³-hybridized carbons (Fsp3) is 0.263. The molecule has 3 rings (SSSR count). The van der Waals surface area contributed by atoms with Crippen LogP contribution in [-0.2, 0) is 10.0 Å². The first-order valence-corrected chi connectivity index (χ1v) is 9.83. The number of rotatable bonds is 4. The largest absolute Gasteiger partial charge is 0.497 e. The molecule has 27 heavy (non-hydrogen) atoms. The summed E-state index contributed by atoms with van der Waals surface area (Å²) in [6.45, 7) is 1.03. The lowest BCUT2D eigenvalue weighted by Gasteiger charge is -2.34. The van der Waals surface area contributed by atoms with Crippen molar-refractivity contribution < 1.29 is 17.9 Å². The maximum Gasteiger partial charge on any atom is 0.253 e. The monoisotopic (exact) mass is 385 g/mol. The van der Waals surface area contributed by atoms with E-state index in [1.165, 1.54) is 16.4 Å². The molecule has 1 fully saturated rings. The molecule has 1 saturated heterocycles. The van der Waals surface area contributed by atoms with Gasteiger partial charge in [-0.15, -0.1) is 0 Å². The number of methoxy groups -OCH3 is 1. The number of carbonyl (C=O) groups excluding carboxylic acids is 1. The molecule has 0 saturated carbocycles. The zero-order valence-corrected chi connectivity index (χ0v) is 15.6. The van der Waals surface area contributed by atoms with Crippen molar-refractivity contribution in [1.29, 1.82) is 5.26 Å². The van der Waals surface area contributed by atoms with Gasteiger partial charge in [0.05, 0.1) is 23.6 Å². The molecule has 140 valence electrons. The molecule has 0 aromatic heterocycles. The number of benzene rings is 2. The molecule has 1 aliphatic rings. The summed E-state index contributed by atoms with van der Waals surface area (Å²) >= 11 is 0. The number of nitrogens with zero attached hydrogens (tertiary/aromatic N) is 3. The van der Waals surface area contributed by atoms with Crippen LogP contribution < -0.4 is 4.74 Å². The smallest absolute Gasteiger partial charge is 0.253 e. The molecule has 8 heteroatoms. The van der Waals surface area contributed by atoms with Gasteiger partial charge in [-0.05, 0) is 42.5 Å². The van der Waals surface area contributed by atoms with E-state index in [0.29, 0.717) is 30.0 Å². The van der Waals surface area contributed by atoms with Gasteiger partial charge in [-0.3, -0.25) is 4.79 Å². The molecule has 0 radical (unpaired) electrons. The van der Waals surface area contributed by atoms with E-state index in [0.717, 1.165) is 0 Å². The first kappa shape index (κ1) is 18.9. The lowest BCUT2D eigenvalue weighted by molar-refractivity contribution is 0.0698. The van der Waals surface area contributed by atoms with Crippen LogP contribution in [-0.4, -0.2) is 56.8 Å². The van der Waals surface area contributed by atoms with Gasteiger partial charge < -0.3 is 9.64 Å². The third-order valence-electron chi connectivity index (χ3n) is 4.46. The Balaban J connectivity index is 1.68. The highest BCUT2D eigenvalue weighted by Crippen LogP contribution is 2.20. The van der Waals surface area contributed by atoms with E-state index in [9.17, 15) is 13.2 Å². The molecule has 0 bridgehead atoms. The summed E-state index contributed by atoms with van der Waals surface area (Å²) in [7, 11) is -2.13.